The minimum absolute atomic E-state index is 0.0268. The second-order valence-electron chi connectivity index (χ2n) is 5.37. The fraction of sp³-hybridized carbons (Fsp3) is 0.533. The van der Waals surface area contributed by atoms with Gasteiger partial charge in [0, 0.05) is 14.1 Å². The fourth-order valence-electron chi connectivity index (χ4n) is 1.83. The summed E-state index contributed by atoms with van der Waals surface area (Å²) in [5.74, 6) is 0.844. The van der Waals surface area contributed by atoms with Gasteiger partial charge in [0.1, 0.15) is 5.75 Å². The maximum atomic E-state index is 12.2. The molecule has 0 aliphatic carbocycles. The van der Waals surface area contributed by atoms with Gasteiger partial charge in [-0.15, -0.1) is 0 Å². The Morgan fingerprint density at radius 1 is 1.37 bits per heavy atom. The van der Waals surface area contributed by atoms with E-state index in [1.807, 2.05) is 45.9 Å². The molecule has 0 atom stereocenters. The van der Waals surface area contributed by atoms with Crippen LogP contribution in [0.2, 0.25) is 0 Å². The normalized spacial score (nSPS) is 11.5. The number of amides is 1. The number of hydrogen-bond acceptors (Lipinski definition) is 3. The SMILES string of the molecule is CCOc1ccc(C(C)(C)C(=O)NN(C)C)cc1C. The predicted octanol–water partition coefficient (Wildman–Crippen LogP) is 2.26. The summed E-state index contributed by atoms with van der Waals surface area (Å²) in [6, 6.07) is 5.90. The molecule has 1 aromatic carbocycles. The smallest absolute Gasteiger partial charge is 0.244 e. The number of hydrogen-bond donors (Lipinski definition) is 1. The summed E-state index contributed by atoms with van der Waals surface area (Å²) >= 11 is 0. The highest BCUT2D eigenvalue weighted by Gasteiger charge is 2.30. The Morgan fingerprint density at radius 2 is 2.00 bits per heavy atom. The average molecular weight is 264 g/mol. The lowest BCUT2D eigenvalue weighted by molar-refractivity contribution is -0.129. The number of nitrogens with one attached hydrogen (secondary N) is 1. The first-order valence-corrected chi connectivity index (χ1v) is 6.51. The zero-order valence-corrected chi connectivity index (χ0v) is 12.7. The number of carbonyl (C=O) groups excluding carboxylic acids is 1. The van der Waals surface area contributed by atoms with Crippen LogP contribution in [0.25, 0.3) is 0 Å². The zero-order valence-electron chi connectivity index (χ0n) is 12.7. The van der Waals surface area contributed by atoms with Gasteiger partial charge in [-0.2, -0.15) is 0 Å². The average Bonchev–Trinajstić information content (AvgIpc) is 2.31. The van der Waals surface area contributed by atoms with Crippen LogP contribution in [-0.4, -0.2) is 31.6 Å². The number of ether oxygens (including phenoxy) is 1. The van der Waals surface area contributed by atoms with Gasteiger partial charge in [0.25, 0.3) is 0 Å². The summed E-state index contributed by atoms with van der Waals surface area (Å²) < 4.78 is 5.52. The first kappa shape index (κ1) is 15.5. The molecule has 0 unspecified atom stereocenters. The van der Waals surface area contributed by atoms with Crippen LogP contribution in [0.3, 0.4) is 0 Å². The molecule has 0 radical (unpaired) electrons. The molecule has 4 heteroatoms. The second kappa shape index (κ2) is 6.06. The molecular weight excluding hydrogens is 240 g/mol. The molecule has 0 aliphatic heterocycles. The molecule has 0 bridgehead atoms. The van der Waals surface area contributed by atoms with Crippen LogP contribution in [0, 0.1) is 6.92 Å². The van der Waals surface area contributed by atoms with Crippen molar-refractivity contribution in [2.24, 2.45) is 0 Å². The Morgan fingerprint density at radius 3 is 2.47 bits per heavy atom. The van der Waals surface area contributed by atoms with Crippen molar-refractivity contribution in [1.29, 1.82) is 0 Å². The number of benzene rings is 1. The Bertz CT molecular complexity index is 453. The number of rotatable bonds is 5. The highest BCUT2D eigenvalue weighted by molar-refractivity contribution is 5.87. The van der Waals surface area contributed by atoms with Crippen LogP contribution in [-0.2, 0) is 10.2 Å². The van der Waals surface area contributed by atoms with E-state index >= 15 is 0 Å². The van der Waals surface area contributed by atoms with Gasteiger partial charge in [-0.3, -0.25) is 10.2 Å². The molecule has 0 heterocycles. The first-order valence-electron chi connectivity index (χ1n) is 6.51. The number of hydrazine groups is 1. The summed E-state index contributed by atoms with van der Waals surface area (Å²) in [5.41, 5.74) is 4.25. The Balaban J connectivity index is 3.01. The van der Waals surface area contributed by atoms with Crippen molar-refractivity contribution in [1.82, 2.24) is 10.4 Å². The molecule has 1 aromatic rings. The summed E-state index contributed by atoms with van der Waals surface area (Å²) in [7, 11) is 3.61. The van der Waals surface area contributed by atoms with Gasteiger partial charge in [0.05, 0.1) is 12.0 Å². The van der Waals surface area contributed by atoms with Crippen LogP contribution in [0.1, 0.15) is 31.9 Å². The molecular formula is C15H24N2O2. The third-order valence-corrected chi connectivity index (χ3v) is 3.09. The van der Waals surface area contributed by atoms with Crippen molar-refractivity contribution in [2.75, 3.05) is 20.7 Å². The van der Waals surface area contributed by atoms with Gasteiger partial charge < -0.3 is 4.74 Å². The van der Waals surface area contributed by atoms with E-state index in [1.165, 1.54) is 0 Å². The predicted molar refractivity (Wildman–Crippen MR) is 77.2 cm³/mol. The lowest BCUT2D eigenvalue weighted by Gasteiger charge is -2.27. The first-order chi connectivity index (χ1) is 8.78. The molecule has 0 saturated carbocycles. The van der Waals surface area contributed by atoms with E-state index in [4.69, 9.17) is 4.74 Å². The number of nitrogens with zero attached hydrogens (tertiary/aromatic N) is 1. The van der Waals surface area contributed by atoms with Crippen molar-refractivity contribution in [3.63, 3.8) is 0 Å². The zero-order chi connectivity index (χ0) is 14.6. The van der Waals surface area contributed by atoms with Crippen molar-refractivity contribution in [3.8, 4) is 5.75 Å². The van der Waals surface area contributed by atoms with Crippen LogP contribution in [0.15, 0.2) is 18.2 Å². The van der Waals surface area contributed by atoms with Gasteiger partial charge in [0.2, 0.25) is 5.91 Å². The van der Waals surface area contributed by atoms with Gasteiger partial charge in [-0.05, 0) is 44.9 Å². The largest absolute Gasteiger partial charge is 0.494 e. The van der Waals surface area contributed by atoms with Crippen molar-refractivity contribution < 1.29 is 9.53 Å². The summed E-state index contributed by atoms with van der Waals surface area (Å²) in [6.45, 7) is 8.43. The summed E-state index contributed by atoms with van der Waals surface area (Å²) in [4.78, 5) is 12.2. The van der Waals surface area contributed by atoms with E-state index < -0.39 is 5.41 Å². The molecule has 1 N–H and O–H groups in total. The molecule has 0 saturated heterocycles. The van der Waals surface area contributed by atoms with Crippen LogP contribution in [0.5, 0.6) is 5.75 Å². The third-order valence-electron chi connectivity index (χ3n) is 3.09. The number of aryl methyl sites for hydroxylation is 1. The minimum Gasteiger partial charge on any atom is -0.494 e. The molecule has 1 amide bonds. The molecule has 4 nitrogen and oxygen atoms in total. The van der Waals surface area contributed by atoms with Crippen molar-refractivity contribution >= 4 is 5.91 Å². The van der Waals surface area contributed by atoms with Crippen molar-refractivity contribution in [2.45, 2.75) is 33.1 Å². The molecule has 1 rings (SSSR count). The quantitative estimate of drug-likeness (QED) is 0.829. The van der Waals surface area contributed by atoms with E-state index in [1.54, 1.807) is 19.1 Å². The van der Waals surface area contributed by atoms with Crippen LogP contribution in [0.4, 0.5) is 0 Å². The van der Waals surface area contributed by atoms with E-state index in [0.717, 1.165) is 16.9 Å². The van der Waals surface area contributed by atoms with Crippen LogP contribution < -0.4 is 10.2 Å². The molecule has 0 spiro atoms. The lowest BCUT2D eigenvalue weighted by Crippen LogP contribution is -2.46. The maximum absolute atomic E-state index is 12.2. The topological polar surface area (TPSA) is 41.6 Å². The Kier molecular flexibility index (Phi) is 4.95. The van der Waals surface area contributed by atoms with Gasteiger partial charge in [-0.25, -0.2) is 5.01 Å². The summed E-state index contributed by atoms with van der Waals surface area (Å²) in [6.07, 6.45) is 0. The third kappa shape index (κ3) is 3.70. The van der Waals surface area contributed by atoms with Gasteiger partial charge in [0.15, 0.2) is 0 Å². The molecule has 0 aliphatic rings. The van der Waals surface area contributed by atoms with Gasteiger partial charge >= 0.3 is 0 Å². The minimum atomic E-state index is -0.584. The molecule has 0 fully saturated rings. The van der Waals surface area contributed by atoms with Crippen molar-refractivity contribution in [3.05, 3.63) is 29.3 Å². The molecule has 19 heavy (non-hydrogen) atoms. The molecule has 106 valence electrons. The highest BCUT2D eigenvalue weighted by Crippen LogP contribution is 2.28. The molecule has 0 aromatic heterocycles. The second-order valence-corrected chi connectivity index (χ2v) is 5.37. The van der Waals surface area contributed by atoms with E-state index in [-0.39, 0.29) is 5.91 Å². The summed E-state index contributed by atoms with van der Waals surface area (Å²) in [5, 5.41) is 1.66. The Labute approximate surface area is 115 Å². The monoisotopic (exact) mass is 264 g/mol. The lowest BCUT2D eigenvalue weighted by atomic mass is 9.83. The van der Waals surface area contributed by atoms with E-state index in [0.29, 0.717) is 6.61 Å². The standard InChI is InChI=1S/C15H24N2O2/c1-7-19-13-9-8-12(10-11(13)2)15(3,4)14(18)16-17(5)6/h8-10H,7H2,1-6H3,(H,16,18). The van der Waals surface area contributed by atoms with E-state index in [2.05, 4.69) is 5.43 Å². The van der Waals surface area contributed by atoms with E-state index in [9.17, 15) is 4.79 Å². The highest BCUT2D eigenvalue weighted by atomic mass is 16.5. The Hall–Kier alpha value is -1.55. The fourth-order valence-corrected chi connectivity index (χ4v) is 1.83. The van der Waals surface area contributed by atoms with Crippen LogP contribution >= 0.6 is 0 Å². The van der Waals surface area contributed by atoms with Gasteiger partial charge in [-0.1, -0.05) is 12.1 Å². The maximum Gasteiger partial charge on any atom is 0.244 e. The number of carbonyl (C=O) groups is 1.